The molecule has 6 heteroatoms. The van der Waals surface area contributed by atoms with Gasteiger partial charge in [-0.15, -0.1) is 0 Å². The summed E-state index contributed by atoms with van der Waals surface area (Å²) in [6.07, 6.45) is 3.24. The van der Waals surface area contributed by atoms with Crippen LogP contribution in [0.1, 0.15) is 43.0 Å². The van der Waals surface area contributed by atoms with Gasteiger partial charge in [0.2, 0.25) is 0 Å². The molecule has 0 amide bonds. The van der Waals surface area contributed by atoms with Crippen LogP contribution in [0, 0.1) is 5.82 Å². The van der Waals surface area contributed by atoms with Gasteiger partial charge in [-0.25, -0.2) is 4.39 Å². The lowest BCUT2D eigenvalue weighted by atomic mass is 10.2. The van der Waals surface area contributed by atoms with Crippen molar-refractivity contribution >= 4 is 45.3 Å². The number of carbonyl (C=O) groups is 2. The molecule has 0 N–H and O–H groups in total. The molecule has 0 spiro atoms. The van der Waals surface area contributed by atoms with Gasteiger partial charge in [-0.05, 0) is 30.2 Å². The van der Waals surface area contributed by atoms with E-state index in [1.807, 2.05) is 6.92 Å². The van der Waals surface area contributed by atoms with Crippen LogP contribution in [-0.4, -0.2) is 10.4 Å². The first-order valence-corrected chi connectivity index (χ1v) is 7.42. The Balaban J connectivity index is 2.80. The fourth-order valence-electron chi connectivity index (χ4n) is 1.45. The van der Waals surface area contributed by atoms with E-state index >= 15 is 0 Å². The fourth-order valence-corrected chi connectivity index (χ4v) is 2.69. The first-order valence-electron chi connectivity index (χ1n) is 5.85. The van der Waals surface area contributed by atoms with Gasteiger partial charge in [0.1, 0.15) is 5.82 Å². The lowest BCUT2D eigenvalue weighted by Crippen LogP contribution is -1.97. The van der Waals surface area contributed by atoms with E-state index in [4.69, 9.17) is 23.2 Å². The van der Waals surface area contributed by atoms with Crippen molar-refractivity contribution in [2.45, 2.75) is 37.5 Å². The van der Waals surface area contributed by atoms with E-state index in [0.717, 1.165) is 37.1 Å². The van der Waals surface area contributed by atoms with Crippen LogP contribution in [0.3, 0.4) is 0 Å². The summed E-state index contributed by atoms with van der Waals surface area (Å²) in [5.74, 6) is -0.784. The Kier molecular flexibility index (Phi) is 6.83. The minimum Gasteiger partial charge on any atom is -0.287 e. The maximum atomic E-state index is 13.4. The third-order valence-corrected chi connectivity index (χ3v) is 4.06. The molecule has 0 fully saturated rings. The number of hydrogen-bond acceptors (Lipinski definition) is 3. The van der Waals surface area contributed by atoms with Crippen molar-refractivity contribution in [3.63, 3.8) is 0 Å². The Morgan fingerprint density at radius 1 is 1.32 bits per heavy atom. The number of thioether (sulfide) groups is 1. The number of benzene rings is 1. The third-order valence-electron chi connectivity index (χ3n) is 2.44. The summed E-state index contributed by atoms with van der Waals surface area (Å²) in [5.41, 5.74) is -0.269. The molecule has 1 aromatic carbocycles. The SMILES string of the molecule is CCCCCC(=O)Sc1cc(C(=O)Cl)c(F)cc1Cl. The number of unbranched alkanes of at least 4 members (excludes halogenated alkanes) is 2. The standard InChI is InChI=1S/C13H13Cl2FO2S/c1-2-3-4-5-12(17)19-11-6-8(13(15)18)10(16)7-9(11)14/h6-7H,2-5H2,1H3. The summed E-state index contributed by atoms with van der Waals surface area (Å²) in [6.45, 7) is 2.05. The van der Waals surface area contributed by atoms with Gasteiger partial charge in [0.15, 0.2) is 5.12 Å². The summed E-state index contributed by atoms with van der Waals surface area (Å²) >= 11 is 12.0. The van der Waals surface area contributed by atoms with E-state index in [0.29, 0.717) is 11.3 Å². The molecule has 0 bridgehead atoms. The highest BCUT2D eigenvalue weighted by molar-refractivity contribution is 8.13. The van der Waals surface area contributed by atoms with Crippen LogP contribution in [0.4, 0.5) is 4.39 Å². The molecule has 1 rings (SSSR count). The number of rotatable bonds is 6. The first-order chi connectivity index (χ1) is 8.95. The molecule has 0 aliphatic rings. The number of halogens is 3. The molecular weight excluding hydrogens is 310 g/mol. The molecule has 0 aliphatic heterocycles. The lowest BCUT2D eigenvalue weighted by molar-refractivity contribution is -0.111. The molecule has 104 valence electrons. The smallest absolute Gasteiger partial charge is 0.255 e. The van der Waals surface area contributed by atoms with Gasteiger partial charge in [-0.1, -0.05) is 43.1 Å². The normalized spacial score (nSPS) is 10.5. The minimum atomic E-state index is -0.908. The van der Waals surface area contributed by atoms with Crippen LogP contribution >= 0.6 is 35.0 Å². The Hall–Kier alpha value is -0.580. The van der Waals surface area contributed by atoms with E-state index in [9.17, 15) is 14.0 Å². The van der Waals surface area contributed by atoms with E-state index in [-0.39, 0.29) is 15.7 Å². The quantitative estimate of drug-likeness (QED) is 0.417. The summed E-state index contributed by atoms with van der Waals surface area (Å²) in [5, 5.41) is -0.864. The minimum absolute atomic E-state index is 0.0603. The van der Waals surface area contributed by atoms with Gasteiger partial charge in [-0.3, -0.25) is 9.59 Å². The summed E-state index contributed by atoms with van der Waals surface area (Å²) < 4.78 is 13.4. The molecule has 0 saturated carbocycles. The highest BCUT2D eigenvalue weighted by atomic mass is 35.5. The second kappa shape index (κ2) is 7.88. The van der Waals surface area contributed by atoms with Crippen molar-refractivity contribution in [3.05, 3.63) is 28.5 Å². The van der Waals surface area contributed by atoms with Gasteiger partial charge in [0, 0.05) is 11.3 Å². The van der Waals surface area contributed by atoms with E-state index in [1.165, 1.54) is 6.07 Å². The summed E-state index contributed by atoms with van der Waals surface area (Å²) in [7, 11) is 0. The average Bonchev–Trinajstić information content (AvgIpc) is 2.32. The summed E-state index contributed by atoms with van der Waals surface area (Å²) in [6, 6.07) is 2.22. The predicted molar refractivity (Wildman–Crippen MR) is 76.6 cm³/mol. The van der Waals surface area contributed by atoms with E-state index in [1.54, 1.807) is 0 Å². The van der Waals surface area contributed by atoms with Crippen molar-refractivity contribution in [1.82, 2.24) is 0 Å². The van der Waals surface area contributed by atoms with Crippen LogP contribution in [0.15, 0.2) is 17.0 Å². The molecule has 1 aromatic rings. The molecule has 0 unspecified atom stereocenters. The lowest BCUT2D eigenvalue weighted by Gasteiger charge is -2.06. The second-order valence-corrected chi connectivity index (χ2v) is 5.82. The topological polar surface area (TPSA) is 34.1 Å². The molecule has 0 aliphatic carbocycles. The van der Waals surface area contributed by atoms with Crippen molar-refractivity contribution in [1.29, 1.82) is 0 Å². The van der Waals surface area contributed by atoms with Gasteiger partial charge in [-0.2, -0.15) is 0 Å². The van der Waals surface area contributed by atoms with E-state index in [2.05, 4.69) is 0 Å². The Labute approximate surface area is 125 Å². The van der Waals surface area contributed by atoms with Crippen molar-refractivity contribution in [2.24, 2.45) is 0 Å². The number of hydrogen-bond donors (Lipinski definition) is 0. The van der Waals surface area contributed by atoms with Gasteiger partial charge < -0.3 is 0 Å². The highest BCUT2D eigenvalue weighted by Gasteiger charge is 2.16. The van der Waals surface area contributed by atoms with Crippen molar-refractivity contribution < 1.29 is 14.0 Å². The fraction of sp³-hybridized carbons (Fsp3) is 0.385. The maximum absolute atomic E-state index is 13.4. The van der Waals surface area contributed by atoms with Gasteiger partial charge in [0.05, 0.1) is 10.6 Å². The Bertz CT molecular complexity index is 492. The largest absolute Gasteiger partial charge is 0.287 e. The molecular formula is C13H13Cl2FO2S. The molecule has 0 saturated heterocycles. The zero-order valence-electron chi connectivity index (χ0n) is 10.3. The Morgan fingerprint density at radius 3 is 2.58 bits per heavy atom. The summed E-state index contributed by atoms with van der Waals surface area (Å²) in [4.78, 5) is 23.1. The zero-order valence-corrected chi connectivity index (χ0v) is 12.7. The Morgan fingerprint density at radius 2 is 2.00 bits per heavy atom. The molecule has 0 radical (unpaired) electrons. The monoisotopic (exact) mass is 322 g/mol. The first kappa shape index (κ1) is 16.5. The van der Waals surface area contributed by atoms with Gasteiger partial charge in [0.25, 0.3) is 5.24 Å². The molecule has 0 heterocycles. The predicted octanol–water partition coefficient (Wildman–Crippen LogP) is 5.06. The van der Waals surface area contributed by atoms with Crippen molar-refractivity contribution in [2.75, 3.05) is 0 Å². The van der Waals surface area contributed by atoms with Crippen LogP contribution in [0.2, 0.25) is 5.02 Å². The van der Waals surface area contributed by atoms with Gasteiger partial charge >= 0.3 is 0 Å². The van der Waals surface area contributed by atoms with Crippen LogP contribution in [0.5, 0.6) is 0 Å². The van der Waals surface area contributed by atoms with E-state index < -0.39 is 11.1 Å². The number of carbonyl (C=O) groups excluding carboxylic acids is 2. The van der Waals surface area contributed by atoms with Crippen LogP contribution in [-0.2, 0) is 4.79 Å². The molecule has 0 aromatic heterocycles. The average molecular weight is 323 g/mol. The van der Waals surface area contributed by atoms with Crippen molar-refractivity contribution in [3.8, 4) is 0 Å². The van der Waals surface area contributed by atoms with Crippen LogP contribution in [0.25, 0.3) is 0 Å². The third kappa shape index (κ3) is 5.13. The molecule has 2 nitrogen and oxygen atoms in total. The van der Waals surface area contributed by atoms with Crippen LogP contribution < -0.4 is 0 Å². The second-order valence-electron chi connectivity index (χ2n) is 3.97. The zero-order chi connectivity index (χ0) is 14.4. The maximum Gasteiger partial charge on any atom is 0.255 e. The highest BCUT2D eigenvalue weighted by Crippen LogP contribution is 2.31. The molecule has 19 heavy (non-hydrogen) atoms. The molecule has 0 atom stereocenters.